The van der Waals surface area contributed by atoms with Gasteiger partial charge in [0, 0.05) is 19.4 Å². The number of aliphatic hydroxyl groups is 1. The molecule has 0 aromatic heterocycles. The number of hydrogen-bond donors (Lipinski definition) is 1. The molecule has 1 aliphatic heterocycles. The molecule has 1 spiro atoms. The Labute approximate surface area is 90.8 Å². The van der Waals surface area contributed by atoms with Gasteiger partial charge < -0.3 is 14.6 Å². The fourth-order valence-corrected chi connectivity index (χ4v) is 3.31. The standard InChI is InChI=1S/C12H20O3/c13-9-11(10-1-2-10)3-5-12(6-4-11)14-7-8-15-12/h10,13H,1-9H2. The van der Waals surface area contributed by atoms with Crippen molar-refractivity contribution in [2.24, 2.45) is 11.3 Å². The van der Waals surface area contributed by atoms with E-state index in [1.807, 2.05) is 0 Å². The third-order valence-electron chi connectivity index (χ3n) is 4.58. The van der Waals surface area contributed by atoms with E-state index in [-0.39, 0.29) is 11.2 Å². The minimum absolute atomic E-state index is 0.209. The van der Waals surface area contributed by atoms with Crippen LogP contribution in [0.1, 0.15) is 38.5 Å². The Kier molecular flexibility index (Phi) is 2.31. The molecule has 1 heterocycles. The summed E-state index contributed by atoms with van der Waals surface area (Å²) < 4.78 is 11.4. The van der Waals surface area contributed by atoms with Crippen molar-refractivity contribution in [2.45, 2.75) is 44.3 Å². The first-order valence-corrected chi connectivity index (χ1v) is 6.17. The summed E-state index contributed by atoms with van der Waals surface area (Å²) in [6, 6.07) is 0. The van der Waals surface area contributed by atoms with Crippen LogP contribution in [0.3, 0.4) is 0 Å². The molecule has 3 rings (SSSR count). The topological polar surface area (TPSA) is 38.7 Å². The molecule has 3 aliphatic rings. The van der Waals surface area contributed by atoms with Crippen molar-refractivity contribution >= 4 is 0 Å². The van der Waals surface area contributed by atoms with E-state index < -0.39 is 0 Å². The van der Waals surface area contributed by atoms with Crippen LogP contribution in [-0.2, 0) is 9.47 Å². The fraction of sp³-hybridized carbons (Fsp3) is 1.00. The molecule has 0 aromatic carbocycles. The van der Waals surface area contributed by atoms with Gasteiger partial charge in [-0.25, -0.2) is 0 Å². The lowest BCUT2D eigenvalue weighted by molar-refractivity contribution is -0.196. The maximum atomic E-state index is 9.60. The maximum absolute atomic E-state index is 9.60. The van der Waals surface area contributed by atoms with Gasteiger partial charge in [0.2, 0.25) is 0 Å². The lowest BCUT2D eigenvalue weighted by atomic mass is 9.69. The quantitative estimate of drug-likeness (QED) is 0.757. The Morgan fingerprint density at radius 3 is 2.07 bits per heavy atom. The number of rotatable bonds is 2. The van der Waals surface area contributed by atoms with Crippen molar-refractivity contribution in [1.82, 2.24) is 0 Å². The van der Waals surface area contributed by atoms with E-state index in [1.54, 1.807) is 0 Å². The summed E-state index contributed by atoms with van der Waals surface area (Å²) >= 11 is 0. The van der Waals surface area contributed by atoms with Crippen LogP contribution in [0.15, 0.2) is 0 Å². The van der Waals surface area contributed by atoms with Gasteiger partial charge in [-0.05, 0) is 37.0 Å². The largest absolute Gasteiger partial charge is 0.396 e. The third kappa shape index (κ3) is 1.61. The van der Waals surface area contributed by atoms with E-state index in [1.165, 1.54) is 12.8 Å². The molecule has 0 unspecified atom stereocenters. The molecule has 0 amide bonds. The Balaban J connectivity index is 1.68. The van der Waals surface area contributed by atoms with E-state index in [0.29, 0.717) is 6.61 Å². The van der Waals surface area contributed by atoms with Gasteiger partial charge in [-0.15, -0.1) is 0 Å². The van der Waals surface area contributed by atoms with E-state index in [2.05, 4.69) is 0 Å². The highest BCUT2D eigenvalue weighted by Crippen LogP contribution is 2.55. The number of ether oxygens (including phenoxy) is 2. The summed E-state index contributed by atoms with van der Waals surface area (Å²) in [5.41, 5.74) is 0.209. The summed E-state index contributed by atoms with van der Waals surface area (Å²) in [5.74, 6) is 0.509. The second-order valence-corrected chi connectivity index (χ2v) is 5.40. The highest BCUT2D eigenvalue weighted by molar-refractivity contribution is 4.99. The van der Waals surface area contributed by atoms with Gasteiger partial charge in [-0.1, -0.05) is 0 Å². The number of aliphatic hydroxyl groups excluding tert-OH is 1. The molecule has 3 heteroatoms. The van der Waals surface area contributed by atoms with Crippen LogP contribution in [0.25, 0.3) is 0 Å². The zero-order valence-corrected chi connectivity index (χ0v) is 9.21. The van der Waals surface area contributed by atoms with Crippen molar-refractivity contribution < 1.29 is 14.6 Å². The minimum atomic E-state index is -0.270. The van der Waals surface area contributed by atoms with E-state index in [9.17, 15) is 5.11 Å². The Bertz CT molecular complexity index is 231. The molecule has 3 nitrogen and oxygen atoms in total. The molecule has 2 aliphatic carbocycles. The van der Waals surface area contributed by atoms with Crippen molar-refractivity contribution in [2.75, 3.05) is 19.8 Å². The summed E-state index contributed by atoms with van der Waals surface area (Å²) in [5, 5.41) is 9.60. The Morgan fingerprint density at radius 2 is 1.60 bits per heavy atom. The number of hydrogen-bond acceptors (Lipinski definition) is 3. The summed E-state index contributed by atoms with van der Waals surface area (Å²) in [4.78, 5) is 0. The maximum Gasteiger partial charge on any atom is 0.168 e. The van der Waals surface area contributed by atoms with Gasteiger partial charge in [0.25, 0.3) is 0 Å². The molecule has 1 N–H and O–H groups in total. The summed E-state index contributed by atoms with van der Waals surface area (Å²) in [7, 11) is 0. The van der Waals surface area contributed by atoms with Gasteiger partial charge in [-0.3, -0.25) is 0 Å². The first-order valence-electron chi connectivity index (χ1n) is 6.17. The molecular formula is C12H20O3. The molecule has 1 saturated heterocycles. The van der Waals surface area contributed by atoms with E-state index in [4.69, 9.17) is 9.47 Å². The lowest BCUT2D eigenvalue weighted by Gasteiger charge is -2.43. The smallest absolute Gasteiger partial charge is 0.168 e. The molecule has 0 atom stereocenters. The van der Waals surface area contributed by atoms with Crippen molar-refractivity contribution in [1.29, 1.82) is 0 Å². The van der Waals surface area contributed by atoms with Gasteiger partial charge in [0.05, 0.1) is 13.2 Å². The third-order valence-corrected chi connectivity index (χ3v) is 4.58. The van der Waals surface area contributed by atoms with Crippen LogP contribution >= 0.6 is 0 Å². The molecule has 15 heavy (non-hydrogen) atoms. The monoisotopic (exact) mass is 212 g/mol. The van der Waals surface area contributed by atoms with Gasteiger partial charge in [-0.2, -0.15) is 0 Å². The first kappa shape index (κ1) is 10.1. The van der Waals surface area contributed by atoms with Gasteiger partial charge in [0.1, 0.15) is 0 Å². The van der Waals surface area contributed by atoms with Gasteiger partial charge in [0.15, 0.2) is 5.79 Å². The van der Waals surface area contributed by atoms with Gasteiger partial charge >= 0.3 is 0 Å². The Morgan fingerprint density at radius 1 is 1.00 bits per heavy atom. The molecule has 86 valence electrons. The van der Waals surface area contributed by atoms with E-state index >= 15 is 0 Å². The molecule has 2 saturated carbocycles. The lowest BCUT2D eigenvalue weighted by Crippen LogP contribution is -2.42. The van der Waals surface area contributed by atoms with Crippen molar-refractivity contribution in [3.8, 4) is 0 Å². The van der Waals surface area contributed by atoms with Crippen LogP contribution in [0, 0.1) is 11.3 Å². The molecular weight excluding hydrogens is 192 g/mol. The predicted molar refractivity (Wildman–Crippen MR) is 55.3 cm³/mol. The normalized spacial score (nSPS) is 33.4. The van der Waals surface area contributed by atoms with Crippen molar-refractivity contribution in [3.63, 3.8) is 0 Å². The average Bonchev–Trinajstić information content (AvgIpc) is 3.04. The molecule has 3 fully saturated rings. The fourth-order valence-electron chi connectivity index (χ4n) is 3.31. The van der Waals surface area contributed by atoms with Crippen LogP contribution in [0.5, 0.6) is 0 Å². The SMILES string of the molecule is OCC1(C2CC2)CCC2(CC1)OCCO2. The zero-order chi connectivity index (χ0) is 10.4. The minimum Gasteiger partial charge on any atom is -0.396 e. The molecule has 0 aromatic rings. The summed E-state index contributed by atoms with van der Waals surface area (Å²) in [6.07, 6.45) is 6.74. The summed E-state index contributed by atoms with van der Waals surface area (Å²) in [6.45, 7) is 1.85. The molecule has 0 bridgehead atoms. The van der Waals surface area contributed by atoms with Crippen LogP contribution in [0.2, 0.25) is 0 Å². The van der Waals surface area contributed by atoms with Crippen LogP contribution in [0.4, 0.5) is 0 Å². The first-order chi connectivity index (χ1) is 7.29. The second-order valence-electron chi connectivity index (χ2n) is 5.40. The van der Waals surface area contributed by atoms with Crippen molar-refractivity contribution in [3.05, 3.63) is 0 Å². The second kappa shape index (κ2) is 3.44. The highest BCUT2D eigenvalue weighted by atomic mass is 16.7. The van der Waals surface area contributed by atoms with E-state index in [0.717, 1.165) is 44.8 Å². The Hall–Kier alpha value is -0.120. The van der Waals surface area contributed by atoms with Crippen LogP contribution < -0.4 is 0 Å². The van der Waals surface area contributed by atoms with Crippen LogP contribution in [-0.4, -0.2) is 30.7 Å². The average molecular weight is 212 g/mol. The molecule has 0 radical (unpaired) electrons. The highest BCUT2D eigenvalue weighted by Gasteiger charge is 2.51. The zero-order valence-electron chi connectivity index (χ0n) is 9.21. The predicted octanol–water partition coefficient (Wildman–Crippen LogP) is 1.69.